The smallest absolute Gasteiger partial charge is 0.252 e. The van der Waals surface area contributed by atoms with Crippen LogP contribution < -0.4 is 10.1 Å². The Hall–Kier alpha value is -2.09. The number of nitriles is 1. The third-order valence-corrected chi connectivity index (χ3v) is 3.61. The molecule has 112 valence electrons. The first-order valence-electron chi connectivity index (χ1n) is 7.23. The van der Waals surface area contributed by atoms with E-state index in [0.717, 1.165) is 12.8 Å². The van der Waals surface area contributed by atoms with Gasteiger partial charge in [0.25, 0.3) is 5.91 Å². The Balaban J connectivity index is 2.05. The maximum atomic E-state index is 12.2. The van der Waals surface area contributed by atoms with Gasteiger partial charge in [0.2, 0.25) is 5.88 Å². The third kappa shape index (κ3) is 3.94. The molecule has 5 nitrogen and oxygen atoms in total. The van der Waals surface area contributed by atoms with Gasteiger partial charge in [-0.05, 0) is 30.7 Å². The van der Waals surface area contributed by atoms with Crippen molar-refractivity contribution in [2.24, 2.45) is 5.41 Å². The van der Waals surface area contributed by atoms with Crippen LogP contribution >= 0.6 is 0 Å². The Morgan fingerprint density at radius 1 is 1.52 bits per heavy atom. The predicted molar refractivity (Wildman–Crippen MR) is 78.8 cm³/mol. The van der Waals surface area contributed by atoms with E-state index in [2.05, 4.69) is 16.4 Å². The van der Waals surface area contributed by atoms with E-state index in [1.807, 2.05) is 20.8 Å². The minimum Gasteiger partial charge on any atom is -0.474 e. The van der Waals surface area contributed by atoms with Gasteiger partial charge in [-0.3, -0.25) is 4.79 Å². The zero-order valence-electron chi connectivity index (χ0n) is 12.7. The molecular weight excluding hydrogens is 266 g/mol. The SMILES string of the molecule is CC(C)(C)[C@@H](C#N)NC(=O)c1ccnc(OC2CCC2)c1. The highest BCUT2D eigenvalue weighted by molar-refractivity contribution is 5.94. The van der Waals surface area contributed by atoms with Crippen LogP contribution in [0.4, 0.5) is 0 Å². The zero-order chi connectivity index (χ0) is 15.5. The third-order valence-electron chi connectivity index (χ3n) is 3.61. The summed E-state index contributed by atoms with van der Waals surface area (Å²) in [6.07, 6.45) is 5.04. The summed E-state index contributed by atoms with van der Waals surface area (Å²) in [6.45, 7) is 5.75. The molecule has 1 atom stereocenters. The number of aromatic nitrogens is 1. The lowest BCUT2D eigenvalue weighted by Gasteiger charge is -2.26. The fraction of sp³-hybridized carbons (Fsp3) is 0.562. The quantitative estimate of drug-likeness (QED) is 0.923. The molecule has 0 radical (unpaired) electrons. The average molecular weight is 287 g/mol. The number of nitrogens with one attached hydrogen (secondary N) is 1. The summed E-state index contributed by atoms with van der Waals surface area (Å²) in [4.78, 5) is 16.4. The lowest BCUT2D eigenvalue weighted by Crippen LogP contribution is -2.42. The van der Waals surface area contributed by atoms with Crippen molar-refractivity contribution >= 4 is 5.91 Å². The largest absolute Gasteiger partial charge is 0.474 e. The number of pyridine rings is 1. The number of rotatable bonds is 4. The first kappa shape index (κ1) is 15.3. The van der Waals surface area contributed by atoms with Gasteiger partial charge >= 0.3 is 0 Å². The Labute approximate surface area is 125 Å². The topological polar surface area (TPSA) is 75.0 Å². The van der Waals surface area contributed by atoms with Gasteiger partial charge in [0.05, 0.1) is 6.07 Å². The number of carbonyl (C=O) groups excluding carboxylic acids is 1. The number of hydrogen-bond acceptors (Lipinski definition) is 4. The molecule has 1 heterocycles. The molecule has 1 amide bonds. The van der Waals surface area contributed by atoms with Crippen LogP contribution in [0, 0.1) is 16.7 Å². The van der Waals surface area contributed by atoms with E-state index in [1.165, 1.54) is 6.42 Å². The molecule has 21 heavy (non-hydrogen) atoms. The molecule has 0 aliphatic heterocycles. The van der Waals surface area contributed by atoms with E-state index in [4.69, 9.17) is 10.00 Å². The number of amides is 1. The highest BCUT2D eigenvalue weighted by Gasteiger charge is 2.26. The van der Waals surface area contributed by atoms with Crippen molar-refractivity contribution in [3.63, 3.8) is 0 Å². The molecule has 0 unspecified atom stereocenters. The summed E-state index contributed by atoms with van der Waals surface area (Å²) in [5.41, 5.74) is 0.145. The van der Waals surface area contributed by atoms with Crippen molar-refractivity contribution in [2.75, 3.05) is 0 Å². The van der Waals surface area contributed by atoms with Crippen molar-refractivity contribution in [2.45, 2.75) is 52.2 Å². The van der Waals surface area contributed by atoms with E-state index in [9.17, 15) is 4.79 Å². The maximum absolute atomic E-state index is 12.2. The fourth-order valence-electron chi connectivity index (χ4n) is 1.93. The Bertz CT molecular complexity index is 553. The van der Waals surface area contributed by atoms with E-state index >= 15 is 0 Å². The van der Waals surface area contributed by atoms with Gasteiger partial charge in [-0.25, -0.2) is 4.98 Å². The number of nitrogens with zero attached hydrogens (tertiary/aromatic N) is 2. The molecule has 1 aliphatic carbocycles. The summed E-state index contributed by atoms with van der Waals surface area (Å²) in [7, 11) is 0. The molecule has 0 bridgehead atoms. The van der Waals surface area contributed by atoms with Crippen LogP contribution in [-0.4, -0.2) is 23.0 Å². The minimum absolute atomic E-state index is 0.220. The molecule has 0 aromatic carbocycles. The predicted octanol–water partition coefficient (Wildman–Crippen LogP) is 2.68. The molecule has 2 rings (SSSR count). The second kappa shape index (κ2) is 6.13. The maximum Gasteiger partial charge on any atom is 0.252 e. The number of hydrogen-bond donors (Lipinski definition) is 1. The van der Waals surface area contributed by atoms with Crippen LogP contribution in [0.3, 0.4) is 0 Å². The Morgan fingerprint density at radius 3 is 2.76 bits per heavy atom. The molecule has 1 saturated carbocycles. The molecule has 1 aliphatic rings. The summed E-state index contributed by atoms with van der Waals surface area (Å²) in [6, 6.07) is 4.84. The van der Waals surface area contributed by atoms with E-state index in [1.54, 1.807) is 18.3 Å². The number of ether oxygens (including phenoxy) is 1. The number of carbonyl (C=O) groups is 1. The van der Waals surface area contributed by atoms with Crippen LogP contribution in [0.5, 0.6) is 5.88 Å². The second-order valence-electron chi connectivity index (χ2n) is 6.46. The van der Waals surface area contributed by atoms with Gasteiger partial charge in [-0.1, -0.05) is 20.8 Å². The van der Waals surface area contributed by atoms with Gasteiger partial charge in [-0.15, -0.1) is 0 Å². The van der Waals surface area contributed by atoms with Gasteiger partial charge in [0, 0.05) is 17.8 Å². The Morgan fingerprint density at radius 2 is 2.24 bits per heavy atom. The lowest BCUT2D eigenvalue weighted by atomic mass is 9.87. The van der Waals surface area contributed by atoms with E-state index in [-0.39, 0.29) is 17.4 Å². The van der Waals surface area contributed by atoms with Crippen LogP contribution in [0.15, 0.2) is 18.3 Å². The highest BCUT2D eigenvalue weighted by Crippen LogP contribution is 2.24. The molecule has 1 aromatic heterocycles. The summed E-state index contributed by atoms with van der Waals surface area (Å²) >= 11 is 0. The van der Waals surface area contributed by atoms with Crippen LogP contribution in [0.1, 0.15) is 50.4 Å². The summed E-state index contributed by atoms with van der Waals surface area (Å²) in [5.74, 6) is 0.189. The first-order valence-corrected chi connectivity index (χ1v) is 7.23. The van der Waals surface area contributed by atoms with Gasteiger partial charge in [0.15, 0.2) is 0 Å². The normalized spacial score (nSPS) is 16.5. The zero-order valence-corrected chi connectivity index (χ0v) is 12.7. The second-order valence-corrected chi connectivity index (χ2v) is 6.46. The van der Waals surface area contributed by atoms with E-state index in [0.29, 0.717) is 11.4 Å². The molecule has 1 N–H and O–H groups in total. The summed E-state index contributed by atoms with van der Waals surface area (Å²) in [5, 5.41) is 11.9. The molecule has 1 fully saturated rings. The van der Waals surface area contributed by atoms with Crippen molar-refractivity contribution in [3.8, 4) is 11.9 Å². The van der Waals surface area contributed by atoms with Crippen molar-refractivity contribution in [3.05, 3.63) is 23.9 Å². The van der Waals surface area contributed by atoms with Crippen LogP contribution in [-0.2, 0) is 0 Å². The van der Waals surface area contributed by atoms with Crippen molar-refractivity contribution in [1.29, 1.82) is 5.26 Å². The van der Waals surface area contributed by atoms with Gasteiger partial charge < -0.3 is 10.1 Å². The first-order chi connectivity index (χ1) is 9.90. The molecule has 0 spiro atoms. The summed E-state index contributed by atoms with van der Waals surface area (Å²) < 4.78 is 5.68. The van der Waals surface area contributed by atoms with Crippen molar-refractivity contribution in [1.82, 2.24) is 10.3 Å². The molecule has 0 saturated heterocycles. The average Bonchev–Trinajstić information content (AvgIpc) is 2.39. The fourth-order valence-corrected chi connectivity index (χ4v) is 1.93. The standard InChI is InChI=1S/C16H21N3O2/c1-16(2,3)13(10-17)19-15(20)11-7-8-18-14(9-11)21-12-5-4-6-12/h7-9,12-13H,4-6H2,1-3H3,(H,19,20)/t13-/m1/s1. The monoisotopic (exact) mass is 287 g/mol. The van der Waals surface area contributed by atoms with Crippen LogP contribution in [0.2, 0.25) is 0 Å². The van der Waals surface area contributed by atoms with Crippen molar-refractivity contribution < 1.29 is 9.53 Å². The van der Waals surface area contributed by atoms with Crippen LogP contribution in [0.25, 0.3) is 0 Å². The molecule has 5 heteroatoms. The molecule has 1 aromatic rings. The Kier molecular flexibility index (Phi) is 4.46. The van der Waals surface area contributed by atoms with E-state index < -0.39 is 6.04 Å². The van der Waals surface area contributed by atoms with Gasteiger partial charge in [-0.2, -0.15) is 5.26 Å². The van der Waals surface area contributed by atoms with Gasteiger partial charge in [0.1, 0.15) is 12.1 Å². The lowest BCUT2D eigenvalue weighted by molar-refractivity contribution is 0.0917. The highest BCUT2D eigenvalue weighted by atomic mass is 16.5. The molecular formula is C16H21N3O2. The minimum atomic E-state index is -0.547.